The van der Waals surface area contributed by atoms with E-state index < -0.39 is 99.3 Å². The molecule has 2 saturated heterocycles. The Morgan fingerprint density at radius 2 is 0.863 bits per heavy atom. The summed E-state index contributed by atoms with van der Waals surface area (Å²) < 4.78 is 33.6. The average Bonchev–Trinajstić information content (AvgIpc) is 3.38. The fraction of sp³-hybridized carbons (Fsp3) is 0.759. The predicted molar refractivity (Wildman–Crippen MR) is 284 cm³/mol. The van der Waals surface area contributed by atoms with Crippen LogP contribution in [0.3, 0.4) is 0 Å². The summed E-state index contributed by atoms with van der Waals surface area (Å²) in [7, 11) is 0. The fourth-order valence-corrected chi connectivity index (χ4v) is 8.42. The van der Waals surface area contributed by atoms with Crippen molar-refractivity contribution in [2.45, 2.75) is 255 Å². The summed E-state index contributed by atoms with van der Waals surface area (Å²) in [5, 5.41) is 72.2. The quantitative estimate of drug-likeness (QED) is 0.0172. The van der Waals surface area contributed by atoms with Crippen LogP contribution in [0.15, 0.2) is 72.9 Å². The zero-order valence-electron chi connectivity index (χ0n) is 44.6. The van der Waals surface area contributed by atoms with Gasteiger partial charge < -0.3 is 64.2 Å². The van der Waals surface area contributed by atoms with Crippen molar-refractivity contribution >= 4 is 11.9 Å². The molecular formula is C58H98O15. The van der Waals surface area contributed by atoms with Gasteiger partial charge in [-0.1, -0.05) is 196 Å². The number of rotatable bonds is 43. The number of esters is 2. The van der Waals surface area contributed by atoms with Gasteiger partial charge in [-0.15, -0.1) is 0 Å². The Balaban J connectivity index is 1.80. The van der Waals surface area contributed by atoms with E-state index in [2.05, 4.69) is 74.6 Å². The lowest BCUT2D eigenvalue weighted by Crippen LogP contribution is -2.61. The standard InChI is InChI=1S/C58H98O15/c1-3-5-7-9-11-13-15-17-19-21-23-25-26-28-30-32-34-36-38-40-49(60)68-43-46(71-50(61)41-39-37-35-33-31-29-27-24-22-20-18-16-14-12-10-8-6-4-2)44-69-57-56(67)54(65)52(63)48(73-57)45-70-58-55(66)53(64)51(62)47(42-59)72-58/h5,7,11,13,17,19,23,25,28,30,34,36,46-48,51-59,62-67H,3-4,6,8-10,12,14-16,18,20-22,24,26-27,29,31-33,35,37-45H2,1-2H3/b7-5+,13-11+,19-17+,25-23+,30-28+,36-34+/t46-,47+,48+,51-,52-,53?,54?,55?,56?,57+,58+/m0/s1. The van der Waals surface area contributed by atoms with Gasteiger partial charge in [0.05, 0.1) is 19.8 Å². The zero-order valence-corrected chi connectivity index (χ0v) is 44.6. The van der Waals surface area contributed by atoms with Crippen LogP contribution in [0, 0.1) is 0 Å². The number of carbonyl (C=O) groups excluding carboxylic acids is 2. The van der Waals surface area contributed by atoms with Gasteiger partial charge in [-0.25, -0.2) is 0 Å². The predicted octanol–water partition coefficient (Wildman–Crippen LogP) is 8.99. The average molecular weight is 1040 g/mol. The lowest BCUT2D eigenvalue weighted by Gasteiger charge is -2.42. The van der Waals surface area contributed by atoms with Crippen molar-refractivity contribution < 1.29 is 73.8 Å². The van der Waals surface area contributed by atoms with Crippen LogP contribution in [0.1, 0.15) is 187 Å². The summed E-state index contributed by atoms with van der Waals surface area (Å²) in [4.78, 5) is 25.8. The lowest BCUT2D eigenvalue weighted by molar-refractivity contribution is -0.332. The molecule has 0 bridgehead atoms. The van der Waals surface area contributed by atoms with Crippen LogP contribution < -0.4 is 0 Å². The number of aliphatic hydroxyl groups excluding tert-OH is 7. The normalized spacial score (nSPS) is 25.4. The molecule has 4 unspecified atom stereocenters. The van der Waals surface area contributed by atoms with Crippen molar-refractivity contribution in [2.75, 3.05) is 26.4 Å². The minimum absolute atomic E-state index is 0.0909. The first-order valence-electron chi connectivity index (χ1n) is 28.0. The number of hydrogen-bond acceptors (Lipinski definition) is 15. The molecule has 420 valence electrons. The smallest absolute Gasteiger partial charge is 0.306 e. The first-order chi connectivity index (χ1) is 35.5. The lowest BCUT2D eigenvalue weighted by atomic mass is 9.98. The van der Waals surface area contributed by atoms with Crippen LogP contribution in [0.25, 0.3) is 0 Å². The Labute approximate surface area is 438 Å². The van der Waals surface area contributed by atoms with E-state index in [0.29, 0.717) is 12.8 Å². The second-order valence-electron chi connectivity index (χ2n) is 19.4. The topological polar surface area (TPSA) is 231 Å². The number of carbonyl (C=O) groups is 2. The van der Waals surface area contributed by atoms with Gasteiger partial charge in [0.15, 0.2) is 18.7 Å². The van der Waals surface area contributed by atoms with E-state index in [-0.39, 0.29) is 19.4 Å². The maximum Gasteiger partial charge on any atom is 0.306 e. The fourth-order valence-electron chi connectivity index (χ4n) is 8.42. The first-order valence-corrected chi connectivity index (χ1v) is 28.0. The van der Waals surface area contributed by atoms with Gasteiger partial charge in [0.1, 0.15) is 55.4 Å². The van der Waals surface area contributed by atoms with E-state index in [0.717, 1.165) is 57.8 Å². The van der Waals surface area contributed by atoms with Crippen LogP contribution in [0.2, 0.25) is 0 Å². The highest BCUT2D eigenvalue weighted by atomic mass is 16.7. The molecule has 0 saturated carbocycles. The number of ether oxygens (including phenoxy) is 6. The van der Waals surface area contributed by atoms with Gasteiger partial charge in [0, 0.05) is 12.8 Å². The van der Waals surface area contributed by atoms with E-state index in [1.165, 1.54) is 89.9 Å². The van der Waals surface area contributed by atoms with E-state index in [9.17, 15) is 45.3 Å². The minimum Gasteiger partial charge on any atom is -0.462 e. The van der Waals surface area contributed by atoms with Crippen LogP contribution >= 0.6 is 0 Å². The number of allylic oxidation sites excluding steroid dienone is 12. The molecule has 0 aliphatic carbocycles. The first kappa shape index (κ1) is 66.1. The molecular weight excluding hydrogens is 937 g/mol. The van der Waals surface area contributed by atoms with Crippen LogP contribution in [-0.4, -0.2) is 142 Å². The molecule has 0 radical (unpaired) electrons. The second-order valence-corrected chi connectivity index (χ2v) is 19.4. The molecule has 0 aromatic rings. The van der Waals surface area contributed by atoms with Gasteiger partial charge in [-0.05, 0) is 51.4 Å². The van der Waals surface area contributed by atoms with E-state index >= 15 is 0 Å². The summed E-state index contributed by atoms with van der Waals surface area (Å²) in [6.07, 6.45) is 36.5. The van der Waals surface area contributed by atoms with Crippen molar-refractivity contribution in [1.29, 1.82) is 0 Å². The van der Waals surface area contributed by atoms with Crippen LogP contribution in [-0.2, 0) is 38.0 Å². The molecule has 0 spiro atoms. The largest absolute Gasteiger partial charge is 0.462 e. The maximum atomic E-state index is 13.0. The summed E-state index contributed by atoms with van der Waals surface area (Å²) in [6.45, 7) is 2.41. The second kappa shape index (κ2) is 44.1. The zero-order chi connectivity index (χ0) is 53.2. The molecule has 2 fully saturated rings. The summed E-state index contributed by atoms with van der Waals surface area (Å²) >= 11 is 0. The van der Waals surface area contributed by atoms with Gasteiger partial charge in [-0.3, -0.25) is 9.59 Å². The number of unbranched alkanes of at least 4 members (excludes halogenated alkanes) is 17. The Hall–Kier alpha value is -3.06. The highest BCUT2D eigenvalue weighted by Crippen LogP contribution is 2.26. The van der Waals surface area contributed by atoms with Crippen molar-refractivity contribution in [3.8, 4) is 0 Å². The molecule has 0 aromatic carbocycles. The van der Waals surface area contributed by atoms with E-state index in [1.807, 2.05) is 12.2 Å². The Morgan fingerprint density at radius 3 is 1.33 bits per heavy atom. The monoisotopic (exact) mass is 1030 g/mol. The number of hydrogen-bond donors (Lipinski definition) is 7. The van der Waals surface area contributed by atoms with E-state index in [4.69, 9.17) is 28.4 Å². The molecule has 0 amide bonds. The number of aliphatic hydroxyl groups is 7. The maximum absolute atomic E-state index is 13.0. The Morgan fingerprint density at radius 1 is 0.452 bits per heavy atom. The van der Waals surface area contributed by atoms with Gasteiger partial charge in [0.2, 0.25) is 0 Å². The van der Waals surface area contributed by atoms with Gasteiger partial charge in [-0.2, -0.15) is 0 Å². The molecule has 15 nitrogen and oxygen atoms in total. The summed E-state index contributed by atoms with van der Waals surface area (Å²) in [5.74, 6) is -1.02. The molecule has 15 heteroatoms. The van der Waals surface area contributed by atoms with Crippen LogP contribution in [0.4, 0.5) is 0 Å². The third-order valence-electron chi connectivity index (χ3n) is 13.0. The van der Waals surface area contributed by atoms with Gasteiger partial charge >= 0.3 is 11.9 Å². The van der Waals surface area contributed by atoms with Crippen molar-refractivity contribution in [1.82, 2.24) is 0 Å². The minimum atomic E-state index is -1.78. The molecule has 2 aliphatic heterocycles. The summed E-state index contributed by atoms with van der Waals surface area (Å²) in [6, 6.07) is 0. The SMILES string of the molecule is CC/C=C/C/C=C/C/C=C/C/C=C/C/C=C/C/C=C/CCC(=O)OC[C@@H](CO[C@@H]1O[C@H](CO[C@@H]2O[C@H](CO)[C@H](O)C(O)C2O)[C@H](O)C(O)C1O)OC(=O)CCCCCCCCCCCCCCCCCCCC. The summed E-state index contributed by atoms with van der Waals surface area (Å²) in [5.41, 5.74) is 0. The Bertz CT molecular complexity index is 1540. The highest BCUT2D eigenvalue weighted by Gasteiger charge is 2.47. The van der Waals surface area contributed by atoms with Crippen LogP contribution in [0.5, 0.6) is 0 Å². The van der Waals surface area contributed by atoms with Crippen molar-refractivity contribution in [3.63, 3.8) is 0 Å². The molecule has 2 aliphatic rings. The van der Waals surface area contributed by atoms with Crippen molar-refractivity contribution in [2.24, 2.45) is 0 Å². The Kier molecular flexibility index (Phi) is 39.9. The molecule has 11 atom stereocenters. The molecule has 0 aromatic heterocycles. The van der Waals surface area contributed by atoms with Crippen molar-refractivity contribution in [3.05, 3.63) is 72.9 Å². The third-order valence-corrected chi connectivity index (χ3v) is 13.0. The molecule has 2 heterocycles. The van der Waals surface area contributed by atoms with E-state index in [1.54, 1.807) is 0 Å². The molecule has 2 rings (SSSR count). The molecule has 7 N–H and O–H groups in total. The van der Waals surface area contributed by atoms with Gasteiger partial charge in [0.25, 0.3) is 0 Å². The molecule has 73 heavy (non-hydrogen) atoms. The third kappa shape index (κ3) is 31.6. The highest BCUT2D eigenvalue weighted by molar-refractivity contribution is 5.70.